The van der Waals surface area contributed by atoms with Gasteiger partial charge in [-0.1, -0.05) is 53.7 Å². The van der Waals surface area contributed by atoms with Gasteiger partial charge in [0.05, 0.1) is 6.42 Å². The molecule has 0 atom stereocenters. The standard InChI is InChI=1S/C47H79N3O7/c1-39(2,3)33-19-29(20-34(36(33)52)40(4,5)6)21-47(37(53)56-31-24-43(11,12)49-44(13,14)25-31,38(54)57-32-26-45(15,16)50-46(17,18)27-32)28-35(51)55-30-22-41(7,8)48-42(9,10)23-30/h19-20,30-32,48-50,52H,21-28H2,1-18H3. The summed E-state index contributed by atoms with van der Waals surface area (Å²) in [6.07, 6.45) is 1.03. The molecule has 324 valence electrons. The number of phenolic OH excluding ortho intramolecular Hbond substituents is 1. The van der Waals surface area contributed by atoms with Crippen molar-refractivity contribution in [1.82, 2.24) is 16.0 Å². The van der Waals surface area contributed by atoms with Crippen LogP contribution >= 0.6 is 0 Å². The average Bonchev–Trinajstić information content (AvgIpc) is 2.91. The molecule has 3 heterocycles. The van der Waals surface area contributed by atoms with Gasteiger partial charge in [0.1, 0.15) is 24.1 Å². The van der Waals surface area contributed by atoms with E-state index in [-0.39, 0.29) is 45.4 Å². The fourth-order valence-corrected chi connectivity index (χ4v) is 10.7. The third-order valence-corrected chi connectivity index (χ3v) is 11.8. The fraction of sp³-hybridized carbons (Fsp3) is 0.809. The lowest BCUT2D eigenvalue weighted by Gasteiger charge is -2.47. The van der Waals surface area contributed by atoms with E-state index in [0.29, 0.717) is 55.2 Å². The van der Waals surface area contributed by atoms with Crippen molar-refractivity contribution in [2.24, 2.45) is 5.41 Å². The van der Waals surface area contributed by atoms with Crippen LogP contribution < -0.4 is 16.0 Å². The van der Waals surface area contributed by atoms with Crippen molar-refractivity contribution in [2.75, 3.05) is 0 Å². The molecule has 0 spiro atoms. The number of hydrogen-bond donors (Lipinski definition) is 4. The van der Waals surface area contributed by atoms with Crippen molar-refractivity contribution in [3.63, 3.8) is 0 Å². The van der Waals surface area contributed by atoms with Crippen LogP contribution in [-0.2, 0) is 45.8 Å². The molecule has 0 amide bonds. The van der Waals surface area contributed by atoms with E-state index >= 15 is 9.59 Å². The molecule has 3 aliphatic rings. The highest BCUT2D eigenvalue weighted by molar-refractivity contribution is 6.03. The molecule has 0 aliphatic carbocycles. The van der Waals surface area contributed by atoms with Gasteiger partial charge in [-0.05, 0) is 117 Å². The molecule has 1 aromatic carbocycles. The SMILES string of the molecule is CC1(C)CC(OC(=O)CC(Cc2cc(C(C)(C)C)c(O)c(C(C)(C)C)c2)(C(=O)OC2CC(C)(C)NC(C)(C)C2)C(=O)OC2CC(C)(C)NC(C)(C)C2)CC(C)(C)N1. The molecule has 0 bridgehead atoms. The first-order valence-electron chi connectivity index (χ1n) is 21.3. The normalized spacial score (nSPS) is 23.7. The van der Waals surface area contributed by atoms with Crippen molar-refractivity contribution >= 4 is 17.9 Å². The van der Waals surface area contributed by atoms with Gasteiger partial charge in [-0.25, -0.2) is 0 Å². The molecule has 1 aromatic rings. The van der Waals surface area contributed by atoms with Gasteiger partial charge in [0, 0.05) is 71.8 Å². The molecule has 0 radical (unpaired) electrons. The Morgan fingerprint density at radius 3 is 1.12 bits per heavy atom. The van der Waals surface area contributed by atoms with Crippen LogP contribution in [0.5, 0.6) is 5.75 Å². The maximum Gasteiger partial charge on any atom is 0.324 e. The fourth-order valence-electron chi connectivity index (χ4n) is 10.7. The Bertz CT molecular complexity index is 1540. The van der Waals surface area contributed by atoms with Gasteiger partial charge in [-0.2, -0.15) is 0 Å². The lowest BCUT2D eigenvalue weighted by molar-refractivity contribution is -0.188. The van der Waals surface area contributed by atoms with Crippen LogP contribution in [-0.4, -0.2) is 74.6 Å². The summed E-state index contributed by atoms with van der Waals surface area (Å²) in [6, 6.07) is 3.74. The first-order valence-corrected chi connectivity index (χ1v) is 21.3. The number of carbonyl (C=O) groups is 3. The monoisotopic (exact) mass is 798 g/mol. The Morgan fingerprint density at radius 2 is 0.842 bits per heavy atom. The van der Waals surface area contributed by atoms with Crippen LogP contribution in [0.4, 0.5) is 0 Å². The molecule has 10 nitrogen and oxygen atoms in total. The minimum atomic E-state index is -2.09. The lowest BCUT2D eigenvalue weighted by atomic mass is 9.73. The molecule has 3 fully saturated rings. The van der Waals surface area contributed by atoms with Gasteiger partial charge in [0.2, 0.25) is 0 Å². The lowest BCUT2D eigenvalue weighted by Crippen LogP contribution is -2.61. The van der Waals surface area contributed by atoms with Crippen molar-refractivity contribution in [1.29, 1.82) is 0 Å². The van der Waals surface area contributed by atoms with Gasteiger partial charge < -0.3 is 35.3 Å². The number of nitrogens with one attached hydrogen (secondary N) is 3. The molecule has 57 heavy (non-hydrogen) atoms. The van der Waals surface area contributed by atoms with Crippen molar-refractivity contribution < 1.29 is 33.7 Å². The van der Waals surface area contributed by atoms with Gasteiger partial charge in [-0.15, -0.1) is 0 Å². The van der Waals surface area contributed by atoms with Crippen molar-refractivity contribution in [3.05, 3.63) is 28.8 Å². The van der Waals surface area contributed by atoms with Gasteiger partial charge in [-0.3, -0.25) is 14.4 Å². The van der Waals surface area contributed by atoms with Crippen molar-refractivity contribution in [2.45, 2.75) is 238 Å². The van der Waals surface area contributed by atoms with E-state index in [4.69, 9.17) is 14.2 Å². The van der Waals surface area contributed by atoms with Gasteiger partial charge in [0.25, 0.3) is 0 Å². The summed E-state index contributed by atoms with van der Waals surface area (Å²) in [5.74, 6) is -2.04. The maximum absolute atomic E-state index is 15.3. The summed E-state index contributed by atoms with van der Waals surface area (Å²) in [5.41, 5.74) is -3.05. The number of phenols is 1. The topological polar surface area (TPSA) is 135 Å². The predicted molar refractivity (Wildman–Crippen MR) is 227 cm³/mol. The Balaban J connectivity index is 1.91. The number of hydrogen-bond acceptors (Lipinski definition) is 10. The van der Waals surface area contributed by atoms with Crippen LogP contribution in [0.25, 0.3) is 0 Å². The Morgan fingerprint density at radius 1 is 0.561 bits per heavy atom. The number of ether oxygens (including phenoxy) is 3. The van der Waals surface area contributed by atoms with E-state index in [2.05, 4.69) is 99.0 Å². The molecular weight excluding hydrogens is 719 g/mol. The van der Waals surface area contributed by atoms with Gasteiger partial charge in [0.15, 0.2) is 5.41 Å². The summed E-state index contributed by atoms with van der Waals surface area (Å²) >= 11 is 0. The predicted octanol–water partition coefficient (Wildman–Crippen LogP) is 8.46. The number of aromatic hydroxyl groups is 1. The Hall–Kier alpha value is -2.69. The van der Waals surface area contributed by atoms with E-state index in [0.717, 1.165) is 0 Å². The zero-order valence-electron chi connectivity index (χ0n) is 38.9. The largest absolute Gasteiger partial charge is 0.507 e. The Kier molecular flexibility index (Phi) is 12.7. The summed E-state index contributed by atoms with van der Waals surface area (Å²) in [6.45, 7) is 37.1. The van der Waals surface area contributed by atoms with Crippen molar-refractivity contribution in [3.8, 4) is 5.75 Å². The summed E-state index contributed by atoms with van der Waals surface area (Å²) in [7, 11) is 0. The quantitative estimate of drug-likeness (QED) is 0.110. The molecule has 10 heteroatoms. The first-order chi connectivity index (χ1) is 25.4. The smallest absolute Gasteiger partial charge is 0.324 e. The highest BCUT2D eigenvalue weighted by Crippen LogP contribution is 2.44. The zero-order valence-corrected chi connectivity index (χ0v) is 38.9. The van der Waals surface area contributed by atoms with Crippen LogP contribution in [0.3, 0.4) is 0 Å². The van der Waals surface area contributed by atoms with Crippen LogP contribution in [0.15, 0.2) is 12.1 Å². The van der Waals surface area contributed by atoms with E-state index in [1.165, 1.54) is 0 Å². The number of benzene rings is 1. The van der Waals surface area contributed by atoms with Gasteiger partial charge >= 0.3 is 17.9 Å². The van der Waals surface area contributed by atoms with Crippen LogP contribution in [0.1, 0.15) is 186 Å². The molecule has 4 rings (SSSR count). The number of carbonyl (C=O) groups excluding carboxylic acids is 3. The maximum atomic E-state index is 15.3. The third kappa shape index (κ3) is 12.2. The Labute approximate surface area is 345 Å². The van der Waals surface area contributed by atoms with Crippen LogP contribution in [0.2, 0.25) is 0 Å². The average molecular weight is 798 g/mol. The molecule has 4 N–H and O–H groups in total. The second-order valence-corrected chi connectivity index (χ2v) is 24.0. The number of esters is 3. The van der Waals surface area contributed by atoms with E-state index < -0.39 is 58.9 Å². The molecule has 0 aromatic heterocycles. The molecular formula is C47H79N3O7. The summed E-state index contributed by atoms with van der Waals surface area (Å²) in [5, 5.41) is 22.6. The highest BCUT2D eigenvalue weighted by Gasteiger charge is 2.55. The van der Waals surface area contributed by atoms with Crippen LogP contribution in [0, 0.1) is 5.41 Å². The molecule has 3 saturated heterocycles. The minimum Gasteiger partial charge on any atom is -0.507 e. The van der Waals surface area contributed by atoms with E-state index in [9.17, 15) is 9.90 Å². The second kappa shape index (κ2) is 15.4. The van der Waals surface area contributed by atoms with E-state index in [1.807, 2.05) is 53.7 Å². The first kappa shape index (κ1) is 47.0. The second-order valence-electron chi connectivity index (χ2n) is 24.0. The molecule has 0 unspecified atom stereocenters. The number of rotatable bonds is 9. The zero-order chi connectivity index (χ0) is 43.6. The summed E-state index contributed by atoms with van der Waals surface area (Å²) in [4.78, 5) is 45.2. The molecule has 3 aliphatic heterocycles. The third-order valence-electron chi connectivity index (χ3n) is 11.8. The summed E-state index contributed by atoms with van der Waals surface area (Å²) < 4.78 is 19.3. The number of piperidine rings is 3. The highest BCUT2D eigenvalue weighted by atomic mass is 16.6. The minimum absolute atomic E-state index is 0.176. The molecule has 0 saturated carbocycles. The van der Waals surface area contributed by atoms with E-state index in [1.54, 1.807) is 0 Å².